The van der Waals surface area contributed by atoms with E-state index in [4.69, 9.17) is 109 Å². The van der Waals surface area contributed by atoms with Crippen LogP contribution in [0.2, 0.25) is 40.2 Å². The standard InChI is InChI=1S/C14HCl9O2/c15-5-1-2-4(7(17)10(20)9(19)6(2)16)14(25-23)8(18)3(1)13(24)12(22)11(5)21/h24H. The Labute approximate surface area is 186 Å². The molecule has 2 nitrogen and oxygen atoms in total. The van der Waals surface area contributed by atoms with E-state index in [1.165, 1.54) is 0 Å². The van der Waals surface area contributed by atoms with Crippen molar-refractivity contribution < 1.29 is 9.40 Å². The maximum atomic E-state index is 10.4. The van der Waals surface area contributed by atoms with Crippen molar-refractivity contribution in [3.8, 4) is 11.5 Å². The Kier molecular flexibility index (Phi) is 5.71. The molecule has 0 aliphatic carbocycles. The van der Waals surface area contributed by atoms with Crippen molar-refractivity contribution in [1.29, 1.82) is 0 Å². The summed E-state index contributed by atoms with van der Waals surface area (Å²) in [4.78, 5) is 0. The summed E-state index contributed by atoms with van der Waals surface area (Å²) in [5.41, 5.74) is 0. The third kappa shape index (κ3) is 2.77. The number of fused-ring (bicyclic) bond motifs is 3. The van der Waals surface area contributed by atoms with Crippen LogP contribution in [0.3, 0.4) is 0 Å². The molecule has 11 heteroatoms. The molecule has 3 rings (SSSR count). The molecule has 0 aliphatic rings. The Bertz CT molecular complexity index is 1080. The van der Waals surface area contributed by atoms with E-state index in [0.717, 1.165) is 0 Å². The summed E-state index contributed by atoms with van der Waals surface area (Å²) in [7, 11) is 0. The fourth-order valence-electron chi connectivity index (χ4n) is 2.47. The number of benzene rings is 3. The molecule has 0 fully saturated rings. The Morgan fingerprint density at radius 2 is 0.880 bits per heavy atom. The minimum Gasteiger partial charge on any atom is -0.506 e. The molecule has 0 aromatic heterocycles. The molecule has 3 aromatic rings. The van der Waals surface area contributed by atoms with Crippen molar-refractivity contribution in [2.24, 2.45) is 0 Å². The van der Waals surface area contributed by atoms with Gasteiger partial charge < -0.3 is 9.40 Å². The molecule has 0 amide bonds. The lowest BCUT2D eigenvalue weighted by atomic mass is 9.99. The molecular weight excluding hydrogens is 519 g/mol. The smallest absolute Gasteiger partial charge is 0.175 e. The van der Waals surface area contributed by atoms with Crippen LogP contribution in [0.25, 0.3) is 21.5 Å². The summed E-state index contributed by atoms with van der Waals surface area (Å²) in [5.74, 6) is -0.549. The number of aromatic hydroxyl groups is 1. The lowest BCUT2D eigenvalue weighted by Crippen LogP contribution is -1.92. The lowest BCUT2D eigenvalue weighted by Gasteiger charge is -2.18. The quantitative estimate of drug-likeness (QED) is 0.197. The molecule has 0 saturated heterocycles. The molecule has 0 bridgehead atoms. The van der Waals surface area contributed by atoms with Gasteiger partial charge >= 0.3 is 0 Å². The van der Waals surface area contributed by atoms with Crippen LogP contribution in [0.1, 0.15) is 0 Å². The Hall–Kier alpha value is 0.390. The fourth-order valence-corrected chi connectivity index (χ4v) is 4.72. The third-order valence-corrected chi connectivity index (χ3v) is 7.17. The number of rotatable bonds is 1. The van der Waals surface area contributed by atoms with E-state index in [-0.39, 0.29) is 67.5 Å². The van der Waals surface area contributed by atoms with E-state index in [1.54, 1.807) is 0 Å². The highest BCUT2D eigenvalue weighted by atomic mass is 35.5. The van der Waals surface area contributed by atoms with E-state index < -0.39 is 5.75 Å². The minimum absolute atomic E-state index is 0.0117. The zero-order chi connectivity index (χ0) is 18.8. The van der Waals surface area contributed by atoms with Gasteiger partial charge in [0.15, 0.2) is 5.75 Å². The van der Waals surface area contributed by atoms with Crippen LogP contribution in [-0.4, -0.2) is 5.11 Å². The predicted octanol–water partition coefficient (Wildman–Crippen LogP) is 9.46. The minimum atomic E-state index is -0.439. The van der Waals surface area contributed by atoms with Gasteiger partial charge in [-0.2, -0.15) is 0 Å². The van der Waals surface area contributed by atoms with Gasteiger partial charge in [-0.25, -0.2) is 0 Å². The van der Waals surface area contributed by atoms with Gasteiger partial charge in [0.2, 0.25) is 0 Å². The maximum Gasteiger partial charge on any atom is 0.175 e. The molecule has 0 aliphatic heterocycles. The van der Waals surface area contributed by atoms with Crippen molar-refractivity contribution in [3.05, 3.63) is 40.2 Å². The second-order valence-electron chi connectivity index (χ2n) is 4.77. The largest absolute Gasteiger partial charge is 0.506 e. The summed E-state index contributed by atoms with van der Waals surface area (Å²) in [6.07, 6.45) is 0. The number of halogens is 9. The van der Waals surface area contributed by atoms with Gasteiger partial charge in [-0.1, -0.05) is 92.8 Å². The topological polar surface area (TPSA) is 29.5 Å². The van der Waals surface area contributed by atoms with Crippen LogP contribution in [0, 0.1) is 0 Å². The van der Waals surface area contributed by atoms with Crippen LogP contribution < -0.4 is 4.29 Å². The summed E-state index contributed by atoms with van der Waals surface area (Å²) in [6.45, 7) is 0. The molecule has 132 valence electrons. The molecule has 0 atom stereocenters. The Balaban J connectivity index is 2.87. The molecule has 0 radical (unpaired) electrons. The van der Waals surface area contributed by atoms with Crippen LogP contribution >= 0.6 is 105 Å². The van der Waals surface area contributed by atoms with Gasteiger partial charge in [0.1, 0.15) is 22.6 Å². The van der Waals surface area contributed by atoms with E-state index in [9.17, 15) is 5.11 Å². The number of hydrogen-bond donors (Lipinski definition) is 1. The van der Waals surface area contributed by atoms with Crippen molar-refractivity contribution in [3.63, 3.8) is 0 Å². The third-order valence-electron chi connectivity index (χ3n) is 3.54. The average Bonchev–Trinajstić information content (AvgIpc) is 2.59. The number of phenols is 1. The summed E-state index contributed by atoms with van der Waals surface area (Å²) < 4.78 is 4.83. The summed E-state index contributed by atoms with van der Waals surface area (Å²) in [6, 6.07) is 0. The first-order valence-corrected chi connectivity index (χ1v) is 9.43. The van der Waals surface area contributed by atoms with Crippen LogP contribution in [0.5, 0.6) is 11.5 Å². The highest BCUT2D eigenvalue weighted by Crippen LogP contribution is 2.57. The number of hydrogen-bond acceptors (Lipinski definition) is 2. The normalized spacial score (nSPS) is 11.6. The lowest BCUT2D eigenvalue weighted by molar-refractivity contribution is 0.482. The van der Waals surface area contributed by atoms with Crippen LogP contribution in [-0.2, 0) is 0 Å². The van der Waals surface area contributed by atoms with Crippen LogP contribution in [0.15, 0.2) is 0 Å². The fraction of sp³-hybridized carbons (Fsp3) is 0. The van der Waals surface area contributed by atoms with E-state index >= 15 is 0 Å². The van der Waals surface area contributed by atoms with Gasteiger partial charge in [0.25, 0.3) is 0 Å². The first-order chi connectivity index (χ1) is 11.6. The Morgan fingerprint density at radius 1 is 0.480 bits per heavy atom. The molecule has 25 heavy (non-hydrogen) atoms. The molecule has 0 unspecified atom stereocenters. The monoisotopic (exact) mass is 516 g/mol. The van der Waals surface area contributed by atoms with Gasteiger partial charge in [0.05, 0.1) is 40.5 Å². The zero-order valence-electron chi connectivity index (χ0n) is 11.3. The van der Waals surface area contributed by atoms with Crippen LogP contribution in [0.4, 0.5) is 0 Å². The zero-order valence-corrected chi connectivity index (χ0v) is 18.1. The SMILES string of the molecule is Oc1c(Cl)c(Cl)c(Cl)c2c1c(Cl)c(OCl)c1c(Cl)c(Cl)c(Cl)c(Cl)c12. The first-order valence-electron chi connectivity index (χ1n) is 6.09. The van der Waals surface area contributed by atoms with Crippen molar-refractivity contribution in [2.45, 2.75) is 0 Å². The van der Waals surface area contributed by atoms with Gasteiger partial charge in [-0.15, -0.1) is 0 Å². The Morgan fingerprint density at radius 3 is 1.36 bits per heavy atom. The van der Waals surface area contributed by atoms with E-state index in [1.807, 2.05) is 0 Å². The molecular formula is C14HCl9O2. The number of phenolic OH excluding ortho intramolecular Hbond substituents is 1. The second-order valence-corrected chi connectivity index (χ2v) is 7.94. The first kappa shape index (κ1) is 20.1. The predicted molar refractivity (Wildman–Crippen MR) is 110 cm³/mol. The van der Waals surface area contributed by atoms with E-state index in [2.05, 4.69) is 0 Å². The molecule has 0 saturated carbocycles. The van der Waals surface area contributed by atoms with Crippen molar-refractivity contribution in [2.75, 3.05) is 0 Å². The van der Waals surface area contributed by atoms with Gasteiger partial charge in [0, 0.05) is 16.2 Å². The molecule has 1 N–H and O–H groups in total. The maximum absolute atomic E-state index is 10.4. The van der Waals surface area contributed by atoms with Gasteiger partial charge in [-0.05, 0) is 0 Å². The van der Waals surface area contributed by atoms with Gasteiger partial charge in [-0.3, -0.25) is 0 Å². The van der Waals surface area contributed by atoms with Crippen molar-refractivity contribution >= 4 is 126 Å². The highest BCUT2D eigenvalue weighted by molar-refractivity contribution is 6.60. The van der Waals surface area contributed by atoms with Crippen molar-refractivity contribution in [1.82, 2.24) is 0 Å². The van der Waals surface area contributed by atoms with E-state index in [0.29, 0.717) is 0 Å². The molecule has 0 heterocycles. The molecule has 0 spiro atoms. The highest BCUT2D eigenvalue weighted by Gasteiger charge is 2.29. The average molecular weight is 520 g/mol. The summed E-state index contributed by atoms with van der Waals surface area (Å²) >= 11 is 55.2. The molecule has 3 aromatic carbocycles. The summed E-state index contributed by atoms with van der Waals surface area (Å²) in [5, 5.41) is 10.4. The second kappa shape index (κ2) is 7.09.